The summed E-state index contributed by atoms with van der Waals surface area (Å²) in [6.45, 7) is 10.5. The van der Waals surface area contributed by atoms with Crippen molar-refractivity contribution in [2.24, 2.45) is 0 Å². The first-order valence-corrected chi connectivity index (χ1v) is 8.93. The van der Waals surface area contributed by atoms with Crippen molar-refractivity contribution in [3.8, 4) is 0 Å². The highest BCUT2D eigenvalue weighted by molar-refractivity contribution is 5.57. The van der Waals surface area contributed by atoms with E-state index in [0.29, 0.717) is 5.78 Å². The Balaban J connectivity index is 1.58. The van der Waals surface area contributed by atoms with Gasteiger partial charge in [-0.25, -0.2) is 4.98 Å². The first kappa shape index (κ1) is 15.9. The zero-order valence-corrected chi connectivity index (χ0v) is 15.1. The van der Waals surface area contributed by atoms with Gasteiger partial charge in [0.25, 0.3) is 5.78 Å². The quantitative estimate of drug-likeness (QED) is 0.736. The number of benzene rings is 1. The van der Waals surface area contributed by atoms with E-state index in [-0.39, 0.29) is 0 Å². The molecule has 6 nitrogen and oxygen atoms in total. The second-order valence-electron chi connectivity index (χ2n) is 6.62. The predicted octanol–water partition coefficient (Wildman–Crippen LogP) is 2.63. The van der Waals surface area contributed by atoms with Crippen LogP contribution in [0.5, 0.6) is 0 Å². The van der Waals surface area contributed by atoms with Gasteiger partial charge in [0.05, 0.1) is 0 Å². The van der Waals surface area contributed by atoms with Gasteiger partial charge in [0.15, 0.2) is 0 Å². The highest BCUT2D eigenvalue weighted by Gasteiger charge is 2.21. The third-order valence-electron chi connectivity index (χ3n) is 5.17. The molecule has 0 bridgehead atoms. The molecular formula is C19H24N6. The maximum atomic E-state index is 4.55. The number of aryl methyl sites for hydroxylation is 2. The van der Waals surface area contributed by atoms with Crippen LogP contribution in [0.3, 0.4) is 0 Å². The van der Waals surface area contributed by atoms with Crippen molar-refractivity contribution in [2.75, 3.05) is 36.0 Å². The summed E-state index contributed by atoms with van der Waals surface area (Å²) in [7, 11) is 0. The van der Waals surface area contributed by atoms with E-state index in [0.717, 1.165) is 44.1 Å². The molecule has 0 atom stereocenters. The van der Waals surface area contributed by atoms with Crippen LogP contribution in [-0.4, -0.2) is 45.8 Å². The molecule has 2 aromatic heterocycles. The molecule has 0 saturated carbocycles. The maximum absolute atomic E-state index is 4.55. The minimum absolute atomic E-state index is 0.686. The summed E-state index contributed by atoms with van der Waals surface area (Å²) in [4.78, 5) is 13.7. The molecule has 1 fully saturated rings. The van der Waals surface area contributed by atoms with Crippen LogP contribution in [0.1, 0.15) is 23.7 Å². The zero-order chi connectivity index (χ0) is 17.4. The molecule has 0 unspecified atom stereocenters. The Labute approximate surface area is 148 Å². The molecule has 1 aliphatic heterocycles. The van der Waals surface area contributed by atoms with E-state index in [9.17, 15) is 0 Å². The van der Waals surface area contributed by atoms with Crippen LogP contribution in [0.25, 0.3) is 5.78 Å². The normalized spacial score (nSPS) is 15.2. The smallest absolute Gasteiger partial charge is 0.254 e. The molecule has 6 heteroatoms. The van der Waals surface area contributed by atoms with Crippen molar-refractivity contribution < 1.29 is 0 Å². The van der Waals surface area contributed by atoms with Gasteiger partial charge in [-0.15, -0.1) is 0 Å². The van der Waals surface area contributed by atoms with E-state index < -0.39 is 0 Å². The molecule has 0 radical (unpaired) electrons. The van der Waals surface area contributed by atoms with E-state index in [4.69, 9.17) is 0 Å². The minimum Gasteiger partial charge on any atom is -0.368 e. The number of aromatic nitrogens is 4. The maximum Gasteiger partial charge on any atom is 0.254 e. The fraction of sp³-hybridized carbons (Fsp3) is 0.421. The Hall–Kier alpha value is -2.63. The molecular weight excluding hydrogens is 312 g/mol. The molecule has 0 N–H and O–H groups in total. The summed E-state index contributed by atoms with van der Waals surface area (Å²) in [6.07, 6.45) is 2.48. The van der Waals surface area contributed by atoms with Gasteiger partial charge in [-0.2, -0.15) is 14.6 Å². The molecule has 1 aromatic carbocycles. The number of hydrogen-bond donors (Lipinski definition) is 0. The summed E-state index contributed by atoms with van der Waals surface area (Å²) >= 11 is 0. The summed E-state index contributed by atoms with van der Waals surface area (Å²) in [5, 5.41) is 4.36. The van der Waals surface area contributed by atoms with E-state index in [2.05, 4.69) is 69.9 Å². The molecule has 4 rings (SSSR count). The highest BCUT2D eigenvalue weighted by Crippen LogP contribution is 2.25. The molecule has 1 aliphatic rings. The minimum atomic E-state index is 0.686. The molecule has 0 aliphatic carbocycles. The third-order valence-corrected chi connectivity index (χ3v) is 5.17. The Kier molecular flexibility index (Phi) is 4.03. The zero-order valence-electron chi connectivity index (χ0n) is 15.1. The Morgan fingerprint density at radius 3 is 2.56 bits per heavy atom. The Bertz CT molecular complexity index is 892. The van der Waals surface area contributed by atoms with Crippen molar-refractivity contribution in [3.05, 3.63) is 47.4 Å². The molecule has 25 heavy (non-hydrogen) atoms. The standard InChI is InChI=1S/C19H24N6/c1-4-16-12-18(25-19(22-16)20-13-21-25)24-10-8-23(9-11-24)17-7-5-6-14(2)15(17)3/h5-7,12-13H,4,8-11H2,1-3H3. The fourth-order valence-corrected chi connectivity index (χ4v) is 3.51. The molecule has 1 saturated heterocycles. The second-order valence-corrected chi connectivity index (χ2v) is 6.62. The number of rotatable bonds is 3. The number of nitrogens with zero attached hydrogens (tertiary/aromatic N) is 6. The second kappa shape index (κ2) is 6.35. The van der Waals surface area contributed by atoms with Crippen molar-refractivity contribution in [1.29, 1.82) is 0 Å². The molecule has 3 heterocycles. The molecule has 0 amide bonds. The van der Waals surface area contributed by atoms with Crippen LogP contribution in [0.4, 0.5) is 11.5 Å². The van der Waals surface area contributed by atoms with Gasteiger partial charge in [-0.1, -0.05) is 19.1 Å². The molecule has 3 aromatic rings. The van der Waals surface area contributed by atoms with Crippen LogP contribution < -0.4 is 9.80 Å². The molecule has 130 valence electrons. The fourth-order valence-electron chi connectivity index (χ4n) is 3.51. The van der Waals surface area contributed by atoms with Crippen LogP contribution in [0.2, 0.25) is 0 Å². The van der Waals surface area contributed by atoms with Crippen LogP contribution >= 0.6 is 0 Å². The third kappa shape index (κ3) is 2.81. The number of fused-ring (bicyclic) bond motifs is 1. The first-order valence-electron chi connectivity index (χ1n) is 8.93. The first-order chi connectivity index (χ1) is 12.2. The topological polar surface area (TPSA) is 49.6 Å². The van der Waals surface area contributed by atoms with Crippen LogP contribution in [0.15, 0.2) is 30.6 Å². The van der Waals surface area contributed by atoms with Crippen molar-refractivity contribution in [3.63, 3.8) is 0 Å². The average molecular weight is 336 g/mol. The van der Waals surface area contributed by atoms with Gasteiger partial charge in [0.2, 0.25) is 0 Å². The SMILES string of the molecule is CCc1cc(N2CCN(c3cccc(C)c3C)CC2)n2ncnc2n1. The monoisotopic (exact) mass is 336 g/mol. The van der Waals surface area contributed by atoms with Crippen molar-refractivity contribution >= 4 is 17.3 Å². The van der Waals surface area contributed by atoms with Crippen molar-refractivity contribution in [1.82, 2.24) is 19.6 Å². The van der Waals surface area contributed by atoms with Gasteiger partial charge in [-0.05, 0) is 37.5 Å². The van der Waals surface area contributed by atoms with Crippen LogP contribution in [0, 0.1) is 13.8 Å². The lowest BCUT2D eigenvalue weighted by atomic mass is 10.1. The van der Waals surface area contributed by atoms with Gasteiger partial charge >= 0.3 is 0 Å². The van der Waals surface area contributed by atoms with E-state index in [1.807, 2.05) is 4.52 Å². The average Bonchev–Trinajstić information content (AvgIpc) is 3.12. The summed E-state index contributed by atoms with van der Waals surface area (Å²) < 4.78 is 1.85. The van der Waals surface area contributed by atoms with Gasteiger partial charge in [-0.3, -0.25) is 0 Å². The summed E-state index contributed by atoms with van der Waals surface area (Å²) in [6, 6.07) is 8.71. The van der Waals surface area contributed by atoms with E-state index in [1.54, 1.807) is 6.33 Å². The lowest BCUT2D eigenvalue weighted by Crippen LogP contribution is -2.47. The Morgan fingerprint density at radius 1 is 1.04 bits per heavy atom. The van der Waals surface area contributed by atoms with Gasteiger partial charge in [0, 0.05) is 43.6 Å². The Morgan fingerprint density at radius 2 is 1.80 bits per heavy atom. The van der Waals surface area contributed by atoms with Crippen LogP contribution in [-0.2, 0) is 6.42 Å². The van der Waals surface area contributed by atoms with E-state index >= 15 is 0 Å². The van der Waals surface area contributed by atoms with Gasteiger partial charge in [0.1, 0.15) is 12.1 Å². The predicted molar refractivity (Wildman–Crippen MR) is 101 cm³/mol. The summed E-state index contributed by atoms with van der Waals surface area (Å²) in [5.41, 5.74) is 5.15. The largest absolute Gasteiger partial charge is 0.368 e. The summed E-state index contributed by atoms with van der Waals surface area (Å²) in [5.74, 6) is 1.78. The molecule has 0 spiro atoms. The number of anilines is 2. The number of piperazine rings is 1. The lowest BCUT2D eigenvalue weighted by molar-refractivity contribution is 0.636. The van der Waals surface area contributed by atoms with Crippen molar-refractivity contribution in [2.45, 2.75) is 27.2 Å². The number of hydrogen-bond acceptors (Lipinski definition) is 5. The lowest BCUT2D eigenvalue weighted by Gasteiger charge is -2.38. The van der Waals surface area contributed by atoms with E-state index in [1.165, 1.54) is 16.8 Å². The van der Waals surface area contributed by atoms with Gasteiger partial charge < -0.3 is 9.80 Å². The highest BCUT2D eigenvalue weighted by atomic mass is 15.4.